The quantitative estimate of drug-likeness (QED) is 0.0976. The van der Waals surface area contributed by atoms with Gasteiger partial charge in [-0.1, -0.05) is 92.8 Å². The fraction of sp³-hybridized carbons (Fsp3) is 0.359. The van der Waals surface area contributed by atoms with Crippen LogP contribution in [0.3, 0.4) is 0 Å². The predicted octanol–water partition coefficient (Wildman–Crippen LogP) is 12.6. The van der Waals surface area contributed by atoms with Crippen LogP contribution in [0.25, 0.3) is 44.0 Å². The third-order valence-corrected chi connectivity index (χ3v) is 17.8. The average molecular weight is 1070 g/mol. The summed E-state index contributed by atoms with van der Waals surface area (Å²) in [5.74, 6) is -1.82. The van der Waals surface area contributed by atoms with E-state index in [0.717, 1.165) is 147 Å². The molecule has 4 aromatic carbocycles. The number of piperazine rings is 2. The van der Waals surface area contributed by atoms with Gasteiger partial charge in [0.15, 0.2) is 5.13 Å². The van der Waals surface area contributed by atoms with Gasteiger partial charge in [-0.15, -0.1) is 0 Å². The van der Waals surface area contributed by atoms with Crippen molar-refractivity contribution < 1.29 is 8.78 Å². The normalized spacial score (nSPS) is 19.6. The minimum Gasteiger partial charge on any atom is -0.371 e. The second-order valence-corrected chi connectivity index (χ2v) is 23.1. The van der Waals surface area contributed by atoms with Gasteiger partial charge in [-0.25, -0.2) is 18.7 Å². The molecule has 3 unspecified atom stereocenters. The summed E-state index contributed by atoms with van der Waals surface area (Å²) >= 11 is 1.62. The Kier molecular flexibility index (Phi) is 14.9. The van der Waals surface area contributed by atoms with E-state index in [1.54, 1.807) is 17.4 Å². The van der Waals surface area contributed by atoms with E-state index < -0.39 is 5.92 Å². The lowest BCUT2D eigenvalue weighted by Crippen LogP contribution is -2.59. The third kappa shape index (κ3) is 10.9. The van der Waals surface area contributed by atoms with E-state index in [2.05, 4.69) is 138 Å². The molecule has 0 aliphatic carbocycles. The highest BCUT2D eigenvalue weighted by Gasteiger charge is 2.38. The number of benzene rings is 4. The summed E-state index contributed by atoms with van der Waals surface area (Å²) < 4.78 is 35.4. The third-order valence-electron chi connectivity index (χ3n) is 16.8. The van der Waals surface area contributed by atoms with Crippen LogP contribution < -0.4 is 20.4 Å². The molecule has 0 spiro atoms. The number of thiazole rings is 1. The number of piperidine rings is 1. The first kappa shape index (κ1) is 52.9. The number of nitrogens with zero attached hydrogens (tertiary/aromatic N) is 9. The zero-order valence-electron chi connectivity index (χ0n) is 45.8. The first-order valence-electron chi connectivity index (χ1n) is 27.6. The van der Waals surface area contributed by atoms with Crippen LogP contribution in [0, 0.1) is 6.92 Å². The molecule has 0 radical (unpaired) electrons. The van der Waals surface area contributed by atoms with E-state index in [1.807, 2.05) is 53.9 Å². The Hall–Kier alpha value is -7.13. The first-order valence-corrected chi connectivity index (χ1v) is 28.4. The summed E-state index contributed by atoms with van der Waals surface area (Å²) in [5, 5.41) is 13.8. The number of halogens is 2. The van der Waals surface area contributed by atoms with Gasteiger partial charge in [0.05, 0.1) is 33.7 Å². The molecule has 4 aliphatic rings. The summed E-state index contributed by atoms with van der Waals surface area (Å²) in [7, 11) is 2.02. The summed E-state index contributed by atoms with van der Waals surface area (Å²) in [5.41, 5.74) is 16.5. The van der Waals surface area contributed by atoms with Crippen molar-refractivity contribution in [2.24, 2.45) is 7.05 Å². The number of fused-ring (bicyclic) bond motifs is 3. The highest BCUT2D eigenvalue weighted by Crippen LogP contribution is 2.39. The fourth-order valence-electron chi connectivity index (χ4n) is 12.6. The molecule has 3 aromatic heterocycles. The highest BCUT2D eigenvalue weighted by molar-refractivity contribution is 7.22. The van der Waals surface area contributed by atoms with Gasteiger partial charge in [-0.05, 0) is 123 Å². The number of aromatic nitrogens is 4. The van der Waals surface area contributed by atoms with Crippen molar-refractivity contribution >= 4 is 60.9 Å². The van der Waals surface area contributed by atoms with Crippen LogP contribution in [0.4, 0.5) is 25.4 Å². The Labute approximate surface area is 463 Å². The molecule has 78 heavy (non-hydrogen) atoms. The van der Waals surface area contributed by atoms with Crippen molar-refractivity contribution in [1.29, 1.82) is 0 Å². The smallest absolute Gasteiger partial charge is 0.260 e. The topological polar surface area (TPSA) is 83.9 Å². The lowest BCUT2D eigenvalue weighted by Gasteiger charge is -2.47. The van der Waals surface area contributed by atoms with Crippen molar-refractivity contribution in [2.45, 2.75) is 83.3 Å². The molecule has 11 rings (SSSR count). The molecule has 11 nitrogen and oxygen atoms in total. The molecule has 3 saturated heterocycles. The second kappa shape index (κ2) is 22.0. The van der Waals surface area contributed by atoms with Crippen molar-refractivity contribution in [1.82, 2.24) is 39.8 Å². The Bertz CT molecular complexity index is 3410. The largest absolute Gasteiger partial charge is 0.371 e. The number of allylic oxidation sites excluding steroid dienone is 2. The highest BCUT2D eigenvalue weighted by atomic mass is 32.1. The number of anilines is 3. The average Bonchev–Trinajstić information content (AvgIpc) is 4.07. The van der Waals surface area contributed by atoms with Crippen LogP contribution in [0.15, 0.2) is 141 Å². The molecule has 2 N–H and O–H groups in total. The summed E-state index contributed by atoms with van der Waals surface area (Å²) in [6, 6.07) is 31.7. The van der Waals surface area contributed by atoms with E-state index >= 15 is 8.78 Å². The van der Waals surface area contributed by atoms with Crippen LogP contribution >= 0.6 is 11.3 Å². The van der Waals surface area contributed by atoms with Crippen molar-refractivity contribution in [3.8, 4) is 11.1 Å². The molecule has 7 aromatic rings. The standard InChI is InChI=1S/C64H73F2N11S/c1-10-57-54(25-26-61(69-57)76-30-28-49-16-14-18-52(56(49)39-76)46(7)68-63-70-58-19-11-12-20-60(58)78-63)51-17-13-15-48(45(51)6)27-29-64(65,66)40-73-36-43(4)77(44(5)37-73)38-42(3)74-31-33-75(34-32-74)50-22-24-55-59(35-50)72(9)71-62(55)53-23-21-41(2)67-47(53)8/h10-20,22,24-26,35,43-44,53,67H,1-3,7-8,21,23,27-34,36-40H2,4-6,9H3,(H,68,70). The molecule has 0 amide bonds. The molecule has 3 atom stereocenters. The minimum atomic E-state index is -2.85. The van der Waals surface area contributed by atoms with Crippen LogP contribution in [0.1, 0.15) is 78.2 Å². The van der Waals surface area contributed by atoms with Crippen molar-refractivity contribution in [3.63, 3.8) is 0 Å². The molecule has 14 heteroatoms. The van der Waals surface area contributed by atoms with E-state index in [4.69, 9.17) is 15.1 Å². The lowest BCUT2D eigenvalue weighted by atomic mass is 9.90. The lowest BCUT2D eigenvalue weighted by molar-refractivity contribution is -0.0624. The van der Waals surface area contributed by atoms with Crippen molar-refractivity contribution in [3.05, 3.63) is 180 Å². The molecular weight excluding hydrogens is 993 g/mol. The SMILES string of the molecule is C=Cc1nc(N2CCc3cccc(C(=C)Nc4nc5ccccc5s4)c3C2)ccc1-c1cccc(CCC(F)(F)CN2CC(C)N(CC(=C)N3CCN(c4ccc5c(C6CCC(=C)NC6=C)nn(C)c5c4)CC3)C(C)C2)c1C. The van der Waals surface area contributed by atoms with Gasteiger partial charge >= 0.3 is 0 Å². The van der Waals surface area contributed by atoms with Gasteiger partial charge in [0.1, 0.15) is 5.82 Å². The van der Waals surface area contributed by atoms with Crippen LogP contribution in [0.2, 0.25) is 0 Å². The number of rotatable bonds is 16. The van der Waals surface area contributed by atoms with Gasteiger partial charge in [0, 0.05) is 135 Å². The van der Waals surface area contributed by atoms with Gasteiger partial charge < -0.3 is 25.3 Å². The number of aryl methyl sites for hydroxylation is 2. The Morgan fingerprint density at radius 2 is 1.65 bits per heavy atom. The van der Waals surface area contributed by atoms with Gasteiger partial charge in [-0.2, -0.15) is 5.10 Å². The zero-order chi connectivity index (χ0) is 54.4. The van der Waals surface area contributed by atoms with E-state index in [0.29, 0.717) is 19.6 Å². The Morgan fingerprint density at radius 3 is 2.42 bits per heavy atom. The maximum Gasteiger partial charge on any atom is 0.260 e. The van der Waals surface area contributed by atoms with Crippen LogP contribution in [-0.4, -0.2) is 111 Å². The molecule has 0 saturated carbocycles. The Morgan fingerprint density at radius 1 is 0.872 bits per heavy atom. The second-order valence-electron chi connectivity index (χ2n) is 22.1. The molecule has 404 valence electrons. The van der Waals surface area contributed by atoms with Gasteiger partial charge in [0.25, 0.3) is 5.92 Å². The maximum atomic E-state index is 16.1. The van der Waals surface area contributed by atoms with E-state index in [1.165, 1.54) is 22.2 Å². The maximum absolute atomic E-state index is 16.1. The molecule has 3 fully saturated rings. The monoisotopic (exact) mass is 1070 g/mol. The van der Waals surface area contributed by atoms with Crippen LogP contribution in [-0.2, 0) is 26.4 Å². The minimum absolute atomic E-state index is 0.109. The molecule has 7 heterocycles. The van der Waals surface area contributed by atoms with Gasteiger partial charge in [-0.3, -0.25) is 14.5 Å². The molecule has 0 bridgehead atoms. The fourth-order valence-corrected chi connectivity index (χ4v) is 13.5. The molecular formula is C64H73F2N11S. The number of hydrogen-bond acceptors (Lipinski definition) is 11. The molecule has 4 aliphatic heterocycles. The zero-order valence-corrected chi connectivity index (χ0v) is 46.6. The summed E-state index contributed by atoms with van der Waals surface area (Å²) in [4.78, 5) is 21.5. The van der Waals surface area contributed by atoms with Gasteiger partial charge in [0.2, 0.25) is 0 Å². The predicted molar refractivity (Wildman–Crippen MR) is 320 cm³/mol. The number of pyridine rings is 1. The number of nitrogens with one attached hydrogen (secondary N) is 2. The number of para-hydroxylation sites is 1. The number of hydrogen-bond donors (Lipinski definition) is 2. The van der Waals surface area contributed by atoms with Crippen molar-refractivity contribution in [2.75, 3.05) is 74.0 Å². The summed E-state index contributed by atoms with van der Waals surface area (Å²) in [6.07, 6.45) is 4.61. The van der Waals surface area contributed by atoms with E-state index in [9.17, 15) is 0 Å². The van der Waals surface area contributed by atoms with Crippen LogP contribution in [0.5, 0.6) is 0 Å². The summed E-state index contributed by atoms with van der Waals surface area (Å²) in [6.45, 7) is 34.6. The number of alkyl halides is 2. The Balaban J connectivity index is 0.670. The first-order chi connectivity index (χ1) is 37.6. The van der Waals surface area contributed by atoms with E-state index in [-0.39, 0.29) is 37.4 Å².